The summed E-state index contributed by atoms with van der Waals surface area (Å²) in [6.45, 7) is 4.30. The lowest BCUT2D eigenvalue weighted by atomic mass is 10.1. The zero-order valence-electron chi connectivity index (χ0n) is 15.5. The van der Waals surface area contributed by atoms with Crippen molar-refractivity contribution in [1.29, 1.82) is 0 Å². The molecule has 0 unspecified atom stereocenters. The van der Waals surface area contributed by atoms with Crippen LogP contribution < -0.4 is 0 Å². The van der Waals surface area contributed by atoms with Gasteiger partial charge in [-0.15, -0.1) is 0 Å². The predicted molar refractivity (Wildman–Crippen MR) is 103 cm³/mol. The second-order valence-electron chi connectivity index (χ2n) is 6.35. The quantitative estimate of drug-likeness (QED) is 0.616. The molecule has 0 fully saturated rings. The van der Waals surface area contributed by atoms with E-state index < -0.39 is 0 Å². The molecule has 138 valence electrons. The van der Waals surface area contributed by atoms with E-state index in [0.29, 0.717) is 13.0 Å². The minimum absolute atomic E-state index is 0.193. The van der Waals surface area contributed by atoms with Crippen molar-refractivity contribution >= 4 is 12.0 Å². The fourth-order valence-corrected chi connectivity index (χ4v) is 2.65. The summed E-state index contributed by atoms with van der Waals surface area (Å²) in [6.07, 6.45) is 5.34. The first-order valence-electron chi connectivity index (χ1n) is 8.83. The second kappa shape index (κ2) is 10.5. The van der Waals surface area contributed by atoms with Crippen LogP contribution >= 0.6 is 0 Å². The van der Waals surface area contributed by atoms with Crippen LogP contribution in [0.1, 0.15) is 29.5 Å². The SMILES string of the molecule is COC(=O)CCCN(C/C=C/c1ccc(C)cc1)Cc1ccc(F)cc1. The highest BCUT2D eigenvalue weighted by molar-refractivity contribution is 5.69. The van der Waals surface area contributed by atoms with E-state index in [1.54, 1.807) is 12.1 Å². The lowest BCUT2D eigenvalue weighted by Crippen LogP contribution is -2.25. The minimum Gasteiger partial charge on any atom is -0.469 e. The Kier molecular flexibility index (Phi) is 8.03. The monoisotopic (exact) mass is 355 g/mol. The van der Waals surface area contributed by atoms with Crippen LogP contribution in [0.4, 0.5) is 4.39 Å². The molecule has 0 bridgehead atoms. The van der Waals surface area contributed by atoms with Gasteiger partial charge in [0.05, 0.1) is 7.11 Å². The molecule has 0 amide bonds. The molecular formula is C22H26FNO2. The Morgan fingerprint density at radius 1 is 1.12 bits per heavy atom. The maximum Gasteiger partial charge on any atom is 0.305 e. The molecule has 0 aromatic heterocycles. The van der Waals surface area contributed by atoms with E-state index in [1.807, 2.05) is 0 Å². The fraction of sp³-hybridized carbons (Fsp3) is 0.318. The van der Waals surface area contributed by atoms with E-state index in [0.717, 1.165) is 30.6 Å². The van der Waals surface area contributed by atoms with Crippen molar-refractivity contribution in [3.8, 4) is 0 Å². The van der Waals surface area contributed by atoms with Crippen molar-refractivity contribution in [2.24, 2.45) is 0 Å². The molecule has 4 heteroatoms. The third-order valence-corrected chi connectivity index (χ3v) is 4.15. The van der Waals surface area contributed by atoms with E-state index in [1.165, 1.54) is 24.8 Å². The van der Waals surface area contributed by atoms with Gasteiger partial charge in [0.1, 0.15) is 5.82 Å². The highest BCUT2D eigenvalue weighted by atomic mass is 19.1. The Labute approximate surface area is 155 Å². The zero-order chi connectivity index (χ0) is 18.8. The van der Waals surface area contributed by atoms with Gasteiger partial charge in [0.2, 0.25) is 0 Å². The van der Waals surface area contributed by atoms with Crippen LogP contribution in [0.2, 0.25) is 0 Å². The van der Waals surface area contributed by atoms with Crippen molar-refractivity contribution in [2.45, 2.75) is 26.3 Å². The standard InChI is InChI=1S/C22H26FNO2/c1-18-7-9-19(10-8-18)5-3-15-24(16-4-6-22(25)26-2)17-20-11-13-21(23)14-12-20/h3,5,7-14H,4,6,15-17H2,1-2H3/b5-3+. The molecule has 0 atom stereocenters. The number of methoxy groups -OCH3 is 1. The number of hydrogen-bond acceptors (Lipinski definition) is 3. The van der Waals surface area contributed by atoms with Crippen molar-refractivity contribution in [2.75, 3.05) is 20.2 Å². The number of ether oxygens (including phenoxy) is 1. The third-order valence-electron chi connectivity index (χ3n) is 4.15. The number of nitrogens with zero attached hydrogens (tertiary/aromatic N) is 1. The Balaban J connectivity index is 1.95. The number of carbonyl (C=O) groups excluding carboxylic acids is 1. The summed E-state index contributed by atoms with van der Waals surface area (Å²) in [6, 6.07) is 14.9. The summed E-state index contributed by atoms with van der Waals surface area (Å²) in [5.41, 5.74) is 3.45. The largest absolute Gasteiger partial charge is 0.469 e. The summed E-state index contributed by atoms with van der Waals surface area (Å²) in [5.74, 6) is -0.424. The Bertz CT molecular complexity index is 708. The molecule has 0 heterocycles. The lowest BCUT2D eigenvalue weighted by Gasteiger charge is -2.20. The summed E-state index contributed by atoms with van der Waals surface area (Å²) in [7, 11) is 1.41. The van der Waals surface area contributed by atoms with Crippen LogP contribution in [0, 0.1) is 12.7 Å². The topological polar surface area (TPSA) is 29.5 Å². The molecule has 0 radical (unpaired) electrons. The molecule has 0 N–H and O–H groups in total. The molecule has 0 saturated heterocycles. The molecule has 0 aliphatic rings. The molecule has 0 spiro atoms. The van der Waals surface area contributed by atoms with Gasteiger partial charge in [-0.3, -0.25) is 9.69 Å². The predicted octanol–water partition coefficient (Wildman–Crippen LogP) is 4.60. The second-order valence-corrected chi connectivity index (χ2v) is 6.35. The summed E-state index contributed by atoms with van der Waals surface area (Å²) in [5, 5.41) is 0. The van der Waals surface area contributed by atoms with Gasteiger partial charge < -0.3 is 4.74 Å². The van der Waals surface area contributed by atoms with Gasteiger partial charge in [-0.1, -0.05) is 54.1 Å². The zero-order valence-corrected chi connectivity index (χ0v) is 15.5. The molecule has 2 aromatic carbocycles. The van der Waals surface area contributed by atoms with Crippen LogP contribution in [0.3, 0.4) is 0 Å². The van der Waals surface area contributed by atoms with Crippen LogP contribution in [-0.4, -0.2) is 31.1 Å². The molecule has 0 aliphatic heterocycles. The smallest absolute Gasteiger partial charge is 0.305 e. The lowest BCUT2D eigenvalue weighted by molar-refractivity contribution is -0.140. The van der Waals surface area contributed by atoms with Gasteiger partial charge >= 0.3 is 5.97 Å². The number of hydrogen-bond donors (Lipinski definition) is 0. The number of halogens is 1. The number of benzene rings is 2. The first-order chi connectivity index (χ1) is 12.6. The molecule has 3 nitrogen and oxygen atoms in total. The van der Waals surface area contributed by atoms with Gasteiger partial charge in [0.25, 0.3) is 0 Å². The van der Waals surface area contributed by atoms with Gasteiger partial charge in [-0.05, 0) is 43.1 Å². The van der Waals surface area contributed by atoms with Gasteiger partial charge in [-0.25, -0.2) is 4.39 Å². The molecular weight excluding hydrogens is 329 g/mol. The highest BCUT2D eigenvalue weighted by Gasteiger charge is 2.07. The average molecular weight is 355 g/mol. The Morgan fingerprint density at radius 3 is 2.46 bits per heavy atom. The number of aryl methyl sites for hydroxylation is 1. The summed E-state index contributed by atoms with van der Waals surface area (Å²) < 4.78 is 17.8. The molecule has 2 rings (SSSR count). The highest BCUT2D eigenvalue weighted by Crippen LogP contribution is 2.10. The van der Waals surface area contributed by atoms with Crippen LogP contribution in [0.15, 0.2) is 54.6 Å². The summed E-state index contributed by atoms with van der Waals surface area (Å²) in [4.78, 5) is 13.6. The third kappa shape index (κ3) is 7.19. The molecule has 0 aliphatic carbocycles. The first kappa shape index (κ1) is 19.9. The number of esters is 1. The van der Waals surface area contributed by atoms with E-state index in [9.17, 15) is 9.18 Å². The first-order valence-corrected chi connectivity index (χ1v) is 8.83. The average Bonchev–Trinajstić information content (AvgIpc) is 2.64. The van der Waals surface area contributed by atoms with E-state index in [2.05, 4.69) is 48.2 Å². The van der Waals surface area contributed by atoms with Crippen LogP contribution in [0.25, 0.3) is 6.08 Å². The molecule has 26 heavy (non-hydrogen) atoms. The van der Waals surface area contributed by atoms with Gasteiger partial charge in [0.15, 0.2) is 0 Å². The Hall–Kier alpha value is -2.46. The van der Waals surface area contributed by atoms with Crippen LogP contribution in [0.5, 0.6) is 0 Å². The van der Waals surface area contributed by atoms with Crippen LogP contribution in [-0.2, 0) is 16.1 Å². The molecule has 2 aromatic rings. The van der Waals surface area contributed by atoms with Gasteiger partial charge in [0, 0.05) is 19.5 Å². The van der Waals surface area contributed by atoms with Crippen molar-refractivity contribution < 1.29 is 13.9 Å². The van der Waals surface area contributed by atoms with Crippen molar-refractivity contribution in [1.82, 2.24) is 4.90 Å². The number of carbonyl (C=O) groups is 1. The fourth-order valence-electron chi connectivity index (χ4n) is 2.65. The molecule has 0 saturated carbocycles. The normalized spacial score (nSPS) is 11.2. The maximum atomic E-state index is 13.1. The number of rotatable bonds is 9. The van der Waals surface area contributed by atoms with Gasteiger partial charge in [-0.2, -0.15) is 0 Å². The van der Waals surface area contributed by atoms with E-state index in [4.69, 9.17) is 4.74 Å². The maximum absolute atomic E-state index is 13.1. The van der Waals surface area contributed by atoms with Crippen molar-refractivity contribution in [3.63, 3.8) is 0 Å². The Morgan fingerprint density at radius 2 is 1.81 bits per heavy atom. The van der Waals surface area contributed by atoms with E-state index in [-0.39, 0.29) is 11.8 Å². The minimum atomic E-state index is -0.231. The van der Waals surface area contributed by atoms with Crippen molar-refractivity contribution in [3.05, 3.63) is 77.1 Å². The summed E-state index contributed by atoms with van der Waals surface area (Å²) >= 11 is 0. The van der Waals surface area contributed by atoms with E-state index >= 15 is 0 Å².